The van der Waals surface area contributed by atoms with Gasteiger partial charge in [0.15, 0.2) is 5.75 Å². The fourth-order valence-electron chi connectivity index (χ4n) is 3.99. The molecule has 0 aromatic heterocycles. The number of likely N-dealkylation sites (tertiary alicyclic amines) is 1. The van der Waals surface area contributed by atoms with Crippen LogP contribution in [-0.2, 0) is 14.4 Å². The van der Waals surface area contributed by atoms with E-state index in [1.165, 1.54) is 0 Å². The zero-order valence-corrected chi connectivity index (χ0v) is 15.5. The number of ether oxygens (including phenoxy) is 1. The number of carbonyl (C=O) groups excluding carboxylic acids is 3. The van der Waals surface area contributed by atoms with Crippen LogP contribution in [0.2, 0.25) is 0 Å². The van der Waals surface area contributed by atoms with Crippen molar-refractivity contribution in [2.75, 3.05) is 11.9 Å². The first kappa shape index (κ1) is 18.2. The summed E-state index contributed by atoms with van der Waals surface area (Å²) in [4.78, 5) is 38.8. The maximum Gasteiger partial charge on any atom is 0.244 e. The van der Waals surface area contributed by atoms with Crippen LogP contribution in [-0.4, -0.2) is 29.2 Å². The summed E-state index contributed by atoms with van der Waals surface area (Å²) < 4.78 is 5.84. The van der Waals surface area contributed by atoms with Crippen LogP contribution in [0.5, 0.6) is 11.5 Å². The van der Waals surface area contributed by atoms with Crippen molar-refractivity contribution < 1.29 is 19.1 Å². The average molecular weight is 378 g/mol. The number of nitrogens with zero attached hydrogens (tertiary/aromatic N) is 1. The Bertz CT molecular complexity index is 872. The maximum absolute atomic E-state index is 12.6. The number of imide groups is 1. The number of rotatable bonds is 5. The highest BCUT2D eigenvalue weighted by atomic mass is 16.5. The van der Waals surface area contributed by atoms with Crippen LogP contribution in [0.25, 0.3) is 0 Å². The predicted molar refractivity (Wildman–Crippen MR) is 104 cm³/mol. The third kappa shape index (κ3) is 3.63. The summed E-state index contributed by atoms with van der Waals surface area (Å²) in [7, 11) is 0. The number of amides is 3. The lowest BCUT2D eigenvalue weighted by atomic mass is 9.81. The molecule has 0 unspecified atom stereocenters. The van der Waals surface area contributed by atoms with Gasteiger partial charge in [0.2, 0.25) is 17.7 Å². The first-order valence-corrected chi connectivity index (χ1v) is 9.60. The van der Waals surface area contributed by atoms with E-state index >= 15 is 0 Å². The molecule has 1 saturated heterocycles. The highest BCUT2D eigenvalue weighted by molar-refractivity contribution is 6.08. The summed E-state index contributed by atoms with van der Waals surface area (Å²) in [5.41, 5.74) is 0.493. The standard InChI is InChI=1S/C22H22N2O4/c25-20(14-24-21(26)16-10-4-5-11-17(16)22(24)27)23-18-12-6-7-13-19(18)28-15-8-2-1-3-9-15/h1-3,6-9,12-13,16-17H,4-5,10-11,14H2,(H,23,25)/t16-,17+. The molecule has 6 nitrogen and oxygen atoms in total. The van der Waals surface area contributed by atoms with Crippen LogP contribution in [0.15, 0.2) is 54.6 Å². The summed E-state index contributed by atoms with van der Waals surface area (Å²) in [6.07, 6.45) is 3.40. The first-order valence-electron chi connectivity index (χ1n) is 9.60. The van der Waals surface area contributed by atoms with E-state index in [4.69, 9.17) is 4.74 Å². The monoisotopic (exact) mass is 378 g/mol. The summed E-state index contributed by atoms with van der Waals surface area (Å²) in [6, 6.07) is 16.3. The molecule has 2 aromatic carbocycles. The number of hydrogen-bond donors (Lipinski definition) is 1. The average Bonchev–Trinajstić information content (AvgIpc) is 2.95. The number of anilines is 1. The molecule has 1 aliphatic heterocycles. The molecule has 0 spiro atoms. The zero-order valence-electron chi connectivity index (χ0n) is 15.5. The number of fused-ring (bicyclic) bond motifs is 1. The molecule has 1 N–H and O–H groups in total. The van der Waals surface area contributed by atoms with E-state index in [0.717, 1.165) is 30.6 Å². The lowest BCUT2D eigenvalue weighted by molar-refractivity contribution is -0.142. The topological polar surface area (TPSA) is 75.7 Å². The Morgan fingerprint density at radius 2 is 1.54 bits per heavy atom. The van der Waals surface area contributed by atoms with Gasteiger partial charge >= 0.3 is 0 Å². The fourth-order valence-corrected chi connectivity index (χ4v) is 3.99. The Balaban J connectivity index is 1.44. The van der Waals surface area contributed by atoms with Crippen LogP contribution in [0.1, 0.15) is 25.7 Å². The molecule has 4 rings (SSSR count). The molecule has 1 aliphatic carbocycles. The minimum absolute atomic E-state index is 0.210. The van der Waals surface area contributed by atoms with E-state index in [1.54, 1.807) is 18.2 Å². The van der Waals surface area contributed by atoms with Gasteiger partial charge in [-0.2, -0.15) is 0 Å². The predicted octanol–water partition coefficient (Wildman–Crippen LogP) is 3.59. The third-order valence-corrected chi connectivity index (χ3v) is 5.37. The second-order valence-electron chi connectivity index (χ2n) is 7.22. The zero-order chi connectivity index (χ0) is 19.5. The molecular weight excluding hydrogens is 356 g/mol. The molecule has 2 aliphatic rings. The Morgan fingerprint density at radius 3 is 2.21 bits per heavy atom. The smallest absolute Gasteiger partial charge is 0.244 e. The van der Waals surface area contributed by atoms with Gasteiger partial charge < -0.3 is 10.1 Å². The van der Waals surface area contributed by atoms with E-state index in [1.807, 2.05) is 36.4 Å². The molecule has 2 atom stereocenters. The lowest BCUT2D eigenvalue weighted by Crippen LogP contribution is -2.38. The number of nitrogens with one attached hydrogen (secondary N) is 1. The SMILES string of the molecule is O=C(CN1C(=O)[C@H]2CCCC[C@H]2C1=O)Nc1ccccc1Oc1ccccc1. The van der Waals surface area contributed by atoms with E-state index in [0.29, 0.717) is 17.2 Å². The number of hydrogen-bond acceptors (Lipinski definition) is 4. The van der Waals surface area contributed by atoms with Crippen LogP contribution in [0, 0.1) is 11.8 Å². The Labute approximate surface area is 163 Å². The van der Waals surface area contributed by atoms with Crippen molar-refractivity contribution in [1.82, 2.24) is 4.90 Å². The summed E-state index contributed by atoms with van der Waals surface area (Å²) in [5, 5.41) is 2.77. The van der Waals surface area contributed by atoms with Crippen LogP contribution < -0.4 is 10.1 Å². The summed E-state index contributed by atoms with van der Waals surface area (Å²) in [6.45, 7) is -0.260. The van der Waals surface area contributed by atoms with Gasteiger partial charge in [-0.05, 0) is 37.1 Å². The molecular formula is C22H22N2O4. The highest BCUT2D eigenvalue weighted by Crippen LogP contribution is 2.38. The van der Waals surface area contributed by atoms with E-state index in [9.17, 15) is 14.4 Å². The van der Waals surface area contributed by atoms with Gasteiger partial charge in [0.05, 0.1) is 17.5 Å². The maximum atomic E-state index is 12.6. The van der Waals surface area contributed by atoms with E-state index in [2.05, 4.69) is 5.32 Å². The number of para-hydroxylation sites is 3. The molecule has 0 radical (unpaired) electrons. The van der Waals surface area contributed by atoms with E-state index in [-0.39, 0.29) is 30.2 Å². The highest BCUT2D eigenvalue weighted by Gasteiger charge is 2.48. The Morgan fingerprint density at radius 1 is 0.929 bits per heavy atom. The second-order valence-corrected chi connectivity index (χ2v) is 7.22. The van der Waals surface area contributed by atoms with Crippen molar-refractivity contribution in [3.63, 3.8) is 0 Å². The van der Waals surface area contributed by atoms with Gasteiger partial charge in [-0.25, -0.2) is 0 Å². The van der Waals surface area contributed by atoms with Gasteiger partial charge in [0.1, 0.15) is 12.3 Å². The van der Waals surface area contributed by atoms with Gasteiger partial charge in [-0.3, -0.25) is 19.3 Å². The van der Waals surface area contributed by atoms with Gasteiger partial charge in [0, 0.05) is 0 Å². The van der Waals surface area contributed by atoms with Crippen molar-refractivity contribution >= 4 is 23.4 Å². The van der Waals surface area contributed by atoms with Crippen molar-refractivity contribution in [3.05, 3.63) is 54.6 Å². The van der Waals surface area contributed by atoms with Crippen molar-refractivity contribution in [1.29, 1.82) is 0 Å². The number of benzene rings is 2. The molecule has 1 heterocycles. The first-order chi connectivity index (χ1) is 13.6. The normalized spacial score (nSPS) is 21.4. The Hall–Kier alpha value is -3.15. The van der Waals surface area contributed by atoms with Crippen molar-refractivity contribution in [3.8, 4) is 11.5 Å². The largest absolute Gasteiger partial charge is 0.455 e. The summed E-state index contributed by atoms with van der Waals surface area (Å²) in [5.74, 6) is -0.180. The van der Waals surface area contributed by atoms with Crippen LogP contribution in [0.4, 0.5) is 5.69 Å². The molecule has 3 amide bonds. The molecule has 2 aromatic rings. The second kappa shape index (κ2) is 7.84. The lowest BCUT2D eigenvalue weighted by Gasteiger charge is -2.19. The fraction of sp³-hybridized carbons (Fsp3) is 0.318. The van der Waals surface area contributed by atoms with Gasteiger partial charge in [-0.15, -0.1) is 0 Å². The van der Waals surface area contributed by atoms with Crippen molar-refractivity contribution in [2.45, 2.75) is 25.7 Å². The quantitative estimate of drug-likeness (QED) is 0.807. The van der Waals surface area contributed by atoms with E-state index < -0.39 is 5.91 Å². The molecule has 2 fully saturated rings. The summed E-state index contributed by atoms with van der Waals surface area (Å²) >= 11 is 0. The van der Waals surface area contributed by atoms with Crippen LogP contribution >= 0.6 is 0 Å². The molecule has 0 bridgehead atoms. The molecule has 144 valence electrons. The Kier molecular flexibility index (Phi) is 5.10. The number of carbonyl (C=O) groups is 3. The minimum Gasteiger partial charge on any atom is -0.455 e. The van der Waals surface area contributed by atoms with Crippen LogP contribution in [0.3, 0.4) is 0 Å². The molecule has 6 heteroatoms. The molecule has 1 saturated carbocycles. The van der Waals surface area contributed by atoms with Crippen molar-refractivity contribution in [2.24, 2.45) is 11.8 Å². The third-order valence-electron chi connectivity index (χ3n) is 5.37. The van der Waals surface area contributed by atoms with Gasteiger partial charge in [0.25, 0.3) is 0 Å². The molecule has 28 heavy (non-hydrogen) atoms. The minimum atomic E-state index is -0.413. The van der Waals surface area contributed by atoms with Gasteiger partial charge in [-0.1, -0.05) is 43.2 Å².